The number of hydrogen-bond donors (Lipinski definition) is 0. The summed E-state index contributed by atoms with van der Waals surface area (Å²) in [5.41, 5.74) is 15.9. The molecule has 0 radical (unpaired) electrons. The zero-order chi connectivity index (χ0) is 62.9. The van der Waals surface area contributed by atoms with E-state index in [1.807, 2.05) is 29.7 Å². The molecule has 5 nitrogen and oxygen atoms in total. The number of pyridine rings is 1. The van der Waals surface area contributed by atoms with E-state index in [-0.39, 0.29) is 57.8 Å². The van der Waals surface area contributed by atoms with Gasteiger partial charge in [0.05, 0.1) is 34.9 Å². The van der Waals surface area contributed by atoms with Gasteiger partial charge in [-0.15, -0.1) is 11.3 Å². The van der Waals surface area contributed by atoms with Gasteiger partial charge >= 0.3 is 0 Å². The SMILES string of the molecule is [2H]c1c([2H])c([2H])c(-c2cccc(-c3cc(C(C)(C)C)cc(C(C)(C)C)c3)c2N2CN(c3cc(Oc4ccc5c6c7sc8ccccc8c7ccc6n(-c6cc(C(C)(C)C)ccn6)c5c4)cc(-c4c(C(C)C)cccc4C(C)C)c3)c3ccccc32)c([2H])c1[2H]. The molecule has 420 valence electrons. The average Bonchev–Trinajstić information content (AvgIpc) is 1.61. The number of rotatable bonds is 10. The van der Waals surface area contributed by atoms with Crippen LogP contribution >= 0.6 is 11.3 Å². The van der Waals surface area contributed by atoms with Crippen LogP contribution < -0.4 is 14.5 Å². The molecule has 6 heteroatoms. The second-order valence-corrected chi connectivity index (χ2v) is 27.6. The van der Waals surface area contributed by atoms with Crippen LogP contribution in [-0.2, 0) is 16.2 Å². The number of anilines is 4. The van der Waals surface area contributed by atoms with Crippen LogP contribution in [-0.4, -0.2) is 16.2 Å². The number of thiophene rings is 1. The molecular weight excluding hydrogens is 1040 g/mol. The molecule has 1 aliphatic heterocycles. The Bertz CT molecular complexity index is 4750. The highest BCUT2D eigenvalue weighted by molar-refractivity contribution is 7.26. The maximum Gasteiger partial charge on any atom is 0.137 e. The summed E-state index contributed by atoms with van der Waals surface area (Å²) in [5.74, 6) is 2.62. The molecule has 0 spiro atoms. The Kier molecular flexibility index (Phi) is 12.1. The lowest BCUT2D eigenvalue weighted by atomic mass is 9.78. The van der Waals surface area contributed by atoms with Crippen LogP contribution in [0.4, 0.5) is 22.7 Å². The van der Waals surface area contributed by atoms with E-state index in [2.05, 4.69) is 256 Å². The minimum atomic E-state index is -0.428. The molecule has 1 aliphatic rings. The number of hydrogen-bond acceptors (Lipinski definition) is 5. The first-order valence-electron chi connectivity index (χ1n) is 32.1. The van der Waals surface area contributed by atoms with Crippen molar-refractivity contribution in [1.82, 2.24) is 9.55 Å². The van der Waals surface area contributed by atoms with Gasteiger partial charge in [0.1, 0.15) is 24.0 Å². The molecule has 0 unspecified atom stereocenters. The highest BCUT2D eigenvalue weighted by Gasteiger charge is 2.33. The molecule has 0 saturated carbocycles. The Balaban J connectivity index is 1.03. The molecule has 0 fully saturated rings. The molecule has 4 heterocycles. The number of benzene rings is 9. The van der Waals surface area contributed by atoms with Crippen LogP contribution in [0.2, 0.25) is 0 Å². The van der Waals surface area contributed by atoms with Crippen LogP contribution in [0.3, 0.4) is 0 Å². The highest BCUT2D eigenvalue weighted by atomic mass is 32.1. The fourth-order valence-electron chi connectivity index (χ4n) is 12.5. The van der Waals surface area contributed by atoms with E-state index in [9.17, 15) is 2.74 Å². The molecule has 84 heavy (non-hydrogen) atoms. The summed E-state index contributed by atoms with van der Waals surface area (Å²) in [6.07, 6.45) is 1.93. The summed E-state index contributed by atoms with van der Waals surface area (Å²) in [5, 5.41) is 4.79. The number of aromatic nitrogens is 2. The number of nitrogens with zero attached hydrogens (tertiary/aromatic N) is 4. The van der Waals surface area contributed by atoms with Crippen LogP contribution in [0, 0.1) is 0 Å². The lowest BCUT2D eigenvalue weighted by Crippen LogP contribution is -2.25. The Labute approximate surface area is 507 Å². The van der Waals surface area contributed by atoms with Crippen LogP contribution in [0.5, 0.6) is 11.5 Å². The summed E-state index contributed by atoms with van der Waals surface area (Å²) >= 11 is 1.83. The summed E-state index contributed by atoms with van der Waals surface area (Å²) in [6, 6.07) is 57.0. The molecule has 0 saturated heterocycles. The van der Waals surface area contributed by atoms with Gasteiger partial charge < -0.3 is 14.5 Å². The second-order valence-electron chi connectivity index (χ2n) is 26.5. The molecule has 0 amide bonds. The predicted molar refractivity (Wildman–Crippen MR) is 361 cm³/mol. The molecule has 0 bridgehead atoms. The van der Waals surface area contributed by atoms with Gasteiger partial charge in [-0.1, -0.05) is 211 Å². The smallest absolute Gasteiger partial charge is 0.137 e. The van der Waals surface area contributed by atoms with E-state index in [4.69, 9.17) is 13.8 Å². The third kappa shape index (κ3) is 9.72. The Morgan fingerprint density at radius 3 is 1.82 bits per heavy atom. The average molecular weight is 1120 g/mol. The predicted octanol–water partition coefficient (Wildman–Crippen LogP) is 22.7. The number of para-hydroxylation sites is 3. The highest BCUT2D eigenvalue weighted by Crippen LogP contribution is 2.53. The van der Waals surface area contributed by atoms with Crippen molar-refractivity contribution < 1.29 is 11.6 Å². The Hall–Kier alpha value is -8.45. The number of ether oxygens (including phenoxy) is 1. The first kappa shape index (κ1) is 49.0. The van der Waals surface area contributed by atoms with Crippen LogP contribution in [0.1, 0.15) is 137 Å². The zero-order valence-electron chi connectivity index (χ0n) is 55.6. The van der Waals surface area contributed by atoms with Crippen LogP contribution in [0.25, 0.3) is 81.2 Å². The topological polar surface area (TPSA) is 33.5 Å². The van der Waals surface area contributed by atoms with Gasteiger partial charge in [0.2, 0.25) is 0 Å². The van der Waals surface area contributed by atoms with E-state index >= 15 is 0 Å². The normalized spacial score (nSPS) is 14.0. The van der Waals surface area contributed by atoms with Crippen molar-refractivity contribution in [2.45, 2.75) is 118 Å². The summed E-state index contributed by atoms with van der Waals surface area (Å²) < 4.78 is 57.7. The molecule has 12 aromatic rings. The van der Waals surface area contributed by atoms with E-state index in [1.165, 1.54) is 58.9 Å². The van der Waals surface area contributed by atoms with Crippen LogP contribution in [0.15, 0.2) is 200 Å². The molecule has 9 aromatic carbocycles. The maximum absolute atomic E-state index is 9.47. The molecule has 0 N–H and O–H groups in total. The first-order valence-corrected chi connectivity index (χ1v) is 30.4. The first-order chi connectivity index (χ1) is 42.3. The molecule has 0 atom stereocenters. The van der Waals surface area contributed by atoms with Crippen molar-refractivity contribution in [2.75, 3.05) is 16.5 Å². The van der Waals surface area contributed by atoms with Crippen molar-refractivity contribution in [3.63, 3.8) is 0 Å². The minimum Gasteiger partial charge on any atom is -0.457 e. The monoisotopic (exact) mass is 1120 g/mol. The molecule has 13 rings (SSSR count). The quantitative estimate of drug-likeness (QED) is 0.137. The molecule has 3 aromatic heterocycles. The van der Waals surface area contributed by atoms with Gasteiger partial charge in [-0.25, -0.2) is 4.98 Å². The van der Waals surface area contributed by atoms with Gasteiger partial charge in [-0.3, -0.25) is 4.57 Å². The maximum atomic E-state index is 9.47. The van der Waals surface area contributed by atoms with Crippen molar-refractivity contribution in [1.29, 1.82) is 0 Å². The lowest BCUT2D eigenvalue weighted by Gasteiger charge is -2.30. The van der Waals surface area contributed by atoms with Gasteiger partial charge in [-0.2, -0.15) is 0 Å². The molecular formula is C78H76N4OS. The fraction of sp³-hybridized carbons (Fsp3) is 0.244. The van der Waals surface area contributed by atoms with Crippen molar-refractivity contribution in [2.24, 2.45) is 0 Å². The largest absolute Gasteiger partial charge is 0.457 e. The Morgan fingerprint density at radius 2 is 1.14 bits per heavy atom. The van der Waals surface area contributed by atoms with Crippen molar-refractivity contribution in [3.8, 4) is 50.7 Å². The van der Waals surface area contributed by atoms with Gasteiger partial charge in [0.15, 0.2) is 0 Å². The van der Waals surface area contributed by atoms with E-state index in [0.717, 1.165) is 61.7 Å². The summed E-state index contributed by atoms with van der Waals surface area (Å²) in [6.45, 7) is 29.5. The number of fused-ring (bicyclic) bond motifs is 8. The van der Waals surface area contributed by atoms with E-state index in [0.29, 0.717) is 23.7 Å². The van der Waals surface area contributed by atoms with Crippen molar-refractivity contribution in [3.05, 3.63) is 228 Å². The van der Waals surface area contributed by atoms with E-state index in [1.54, 1.807) is 0 Å². The summed E-state index contributed by atoms with van der Waals surface area (Å²) in [4.78, 5) is 9.70. The third-order valence-corrected chi connectivity index (χ3v) is 18.2. The zero-order valence-corrected chi connectivity index (χ0v) is 51.4. The third-order valence-electron chi connectivity index (χ3n) is 17.0. The van der Waals surface area contributed by atoms with Gasteiger partial charge in [0.25, 0.3) is 0 Å². The Morgan fingerprint density at radius 1 is 0.512 bits per heavy atom. The summed E-state index contributed by atoms with van der Waals surface area (Å²) in [7, 11) is 0. The minimum absolute atomic E-state index is 0.104. The molecule has 0 aliphatic carbocycles. The second kappa shape index (κ2) is 20.7. The van der Waals surface area contributed by atoms with Gasteiger partial charge in [-0.05, 0) is 139 Å². The lowest BCUT2D eigenvalue weighted by molar-refractivity contribution is 0.483. The van der Waals surface area contributed by atoms with Crippen molar-refractivity contribution >= 4 is 76.1 Å². The van der Waals surface area contributed by atoms with Gasteiger partial charge in [0, 0.05) is 66.1 Å². The standard InChI is InChI=1S/C78H76N4OS/c1-48(2)59-26-21-27-60(49(3)4)72(59)52-41-56(80-47-81(67-31-19-18-30-66(67)80)74-61(50-23-15-14-16-24-50)28-22-29-62(74)51-39-54(77(8,9)10)43-55(40-51)78(11,12)13)45-58(42-52)83-57-33-34-65-69(46-57)82(71-44-53(37-38-79-71)76(5,6)7)68-36-35-64-63-25-17-20-32-70(63)84-75(64)73(65)68/h14-46,48-49H,47H2,1-13H3/i14D,15D,16D,23D,24D. The van der Waals surface area contributed by atoms with E-state index < -0.39 is 6.04 Å². The fourth-order valence-corrected chi connectivity index (χ4v) is 13.7.